The second-order valence-electron chi connectivity index (χ2n) is 2.56. The van der Waals surface area contributed by atoms with Crippen molar-refractivity contribution < 1.29 is 14.2 Å². The highest BCUT2D eigenvalue weighted by molar-refractivity contribution is 4.78. The van der Waals surface area contributed by atoms with E-state index >= 15 is 0 Å². The minimum absolute atomic E-state index is 0.831. The molecular weight excluding hydrogens is 170 g/mol. The van der Waals surface area contributed by atoms with Crippen LogP contribution in [0, 0.1) is 6.61 Å². The zero-order chi connectivity index (χ0) is 10.3. The third-order valence-corrected chi connectivity index (χ3v) is 2.06. The van der Waals surface area contributed by atoms with Gasteiger partial charge in [0, 0.05) is 34.4 Å². The van der Waals surface area contributed by atoms with E-state index in [9.17, 15) is 0 Å². The van der Waals surface area contributed by atoms with E-state index in [1.807, 2.05) is 18.7 Å². The average molecular weight is 190 g/mol. The maximum atomic E-state index is 5.29. The van der Waals surface area contributed by atoms with E-state index in [0.717, 1.165) is 13.1 Å². The summed E-state index contributed by atoms with van der Waals surface area (Å²) in [4.78, 5) is 2.01. The molecule has 0 aliphatic carbocycles. The summed E-state index contributed by atoms with van der Waals surface area (Å²) in [5.41, 5.74) is 0. The van der Waals surface area contributed by atoms with Crippen molar-refractivity contribution in [2.24, 2.45) is 0 Å². The van der Waals surface area contributed by atoms with Gasteiger partial charge in [-0.15, -0.1) is 0 Å². The van der Waals surface area contributed by atoms with Crippen LogP contribution in [0.5, 0.6) is 0 Å². The summed E-state index contributed by atoms with van der Waals surface area (Å²) in [6.45, 7) is 7.29. The molecule has 4 nitrogen and oxygen atoms in total. The first-order valence-electron chi connectivity index (χ1n) is 4.43. The molecule has 0 amide bonds. The molecule has 0 heterocycles. The maximum absolute atomic E-state index is 5.29. The van der Waals surface area contributed by atoms with E-state index in [2.05, 4.69) is 0 Å². The number of hydrogen-bond donors (Lipinski definition) is 0. The summed E-state index contributed by atoms with van der Waals surface area (Å²) in [5.74, 6) is -0.863. The molecule has 0 bridgehead atoms. The van der Waals surface area contributed by atoms with Crippen LogP contribution in [0.4, 0.5) is 0 Å². The largest absolute Gasteiger partial charge is 0.371 e. The van der Waals surface area contributed by atoms with Gasteiger partial charge in [-0.05, 0) is 0 Å². The van der Waals surface area contributed by atoms with E-state index in [4.69, 9.17) is 14.2 Å². The number of nitrogens with zero attached hydrogens (tertiary/aromatic N) is 1. The van der Waals surface area contributed by atoms with Gasteiger partial charge in [-0.2, -0.15) is 0 Å². The fourth-order valence-electron chi connectivity index (χ4n) is 1.33. The van der Waals surface area contributed by atoms with Crippen molar-refractivity contribution in [2.45, 2.75) is 19.8 Å². The molecule has 0 saturated heterocycles. The SMILES string of the molecule is CCN(CC)C([CH]OC)(OC)OC. The van der Waals surface area contributed by atoms with Crippen molar-refractivity contribution in [3.63, 3.8) is 0 Å². The van der Waals surface area contributed by atoms with Crippen LogP contribution in [-0.4, -0.2) is 45.2 Å². The van der Waals surface area contributed by atoms with Crippen LogP contribution in [0.15, 0.2) is 0 Å². The van der Waals surface area contributed by atoms with E-state index in [-0.39, 0.29) is 0 Å². The van der Waals surface area contributed by atoms with Gasteiger partial charge in [0.2, 0.25) is 0 Å². The van der Waals surface area contributed by atoms with Crippen LogP contribution in [0.25, 0.3) is 0 Å². The third-order valence-electron chi connectivity index (χ3n) is 2.06. The molecule has 0 rings (SSSR count). The summed E-state index contributed by atoms with van der Waals surface area (Å²) < 4.78 is 15.5. The number of ether oxygens (including phenoxy) is 3. The Labute approximate surface area is 80.8 Å². The van der Waals surface area contributed by atoms with Crippen LogP contribution in [0.2, 0.25) is 0 Å². The first kappa shape index (κ1) is 12.8. The van der Waals surface area contributed by atoms with Crippen LogP contribution in [0.3, 0.4) is 0 Å². The predicted molar refractivity (Wildman–Crippen MR) is 51.0 cm³/mol. The van der Waals surface area contributed by atoms with Crippen LogP contribution in [-0.2, 0) is 14.2 Å². The highest BCUT2D eigenvalue weighted by atomic mass is 16.7. The molecular formula is C9H20NO3. The summed E-state index contributed by atoms with van der Waals surface area (Å²) in [5, 5.41) is 0. The van der Waals surface area contributed by atoms with Crippen molar-refractivity contribution in [3.05, 3.63) is 6.61 Å². The number of likely N-dealkylation sites (N-methyl/N-ethyl adjacent to an activating group) is 1. The molecule has 0 spiro atoms. The van der Waals surface area contributed by atoms with Gasteiger partial charge >= 0.3 is 0 Å². The maximum Gasteiger partial charge on any atom is 0.260 e. The van der Waals surface area contributed by atoms with E-state index < -0.39 is 5.91 Å². The van der Waals surface area contributed by atoms with Crippen LogP contribution < -0.4 is 0 Å². The van der Waals surface area contributed by atoms with Crippen LogP contribution >= 0.6 is 0 Å². The summed E-state index contributed by atoms with van der Waals surface area (Å²) in [6, 6.07) is 0. The van der Waals surface area contributed by atoms with Gasteiger partial charge in [0.1, 0.15) is 0 Å². The van der Waals surface area contributed by atoms with Crippen molar-refractivity contribution in [1.82, 2.24) is 4.90 Å². The Morgan fingerprint density at radius 3 is 1.77 bits per heavy atom. The number of hydrogen-bond acceptors (Lipinski definition) is 4. The predicted octanol–water partition coefficient (Wildman–Crippen LogP) is 1.08. The quantitative estimate of drug-likeness (QED) is 0.562. The second-order valence-corrected chi connectivity index (χ2v) is 2.56. The van der Waals surface area contributed by atoms with Crippen LogP contribution in [0.1, 0.15) is 13.8 Å². The lowest BCUT2D eigenvalue weighted by Crippen LogP contribution is -2.52. The van der Waals surface area contributed by atoms with E-state index in [1.165, 1.54) is 0 Å². The minimum atomic E-state index is -0.863. The molecule has 0 N–H and O–H groups in total. The fraction of sp³-hybridized carbons (Fsp3) is 0.889. The highest BCUT2D eigenvalue weighted by Gasteiger charge is 2.36. The Kier molecular flexibility index (Phi) is 6.24. The first-order chi connectivity index (χ1) is 6.20. The molecule has 0 aromatic carbocycles. The summed E-state index contributed by atoms with van der Waals surface area (Å²) >= 11 is 0. The van der Waals surface area contributed by atoms with Gasteiger partial charge < -0.3 is 14.2 Å². The molecule has 79 valence electrons. The topological polar surface area (TPSA) is 30.9 Å². The Morgan fingerprint density at radius 1 is 1.08 bits per heavy atom. The Morgan fingerprint density at radius 2 is 1.54 bits per heavy atom. The van der Waals surface area contributed by atoms with Crippen molar-refractivity contribution in [1.29, 1.82) is 0 Å². The molecule has 0 saturated carbocycles. The molecule has 13 heavy (non-hydrogen) atoms. The Balaban J connectivity index is 4.50. The standard InChI is InChI=1S/C9H20NO3/c1-6-10(7-2)9(12-4,13-5)8-11-3/h8H,6-7H2,1-5H3. The lowest BCUT2D eigenvalue weighted by molar-refractivity contribution is -0.289. The monoisotopic (exact) mass is 190 g/mol. The Bertz CT molecular complexity index is 122. The molecule has 0 fully saturated rings. The molecule has 0 atom stereocenters. The zero-order valence-corrected chi connectivity index (χ0v) is 9.16. The van der Waals surface area contributed by atoms with Gasteiger partial charge in [0.15, 0.2) is 6.61 Å². The molecule has 0 aliphatic rings. The van der Waals surface area contributed by atoms with E-state index in [1.54, 1.807) is 27.9 Å². The van der Waals surface area contributed by atoms with Gasteiger partial charge in [0.05, 0.1) is 0 Å². The van der Waals surface area contributed by atoms with E-state index in [0.29, 0.717) is 0 Å². The molecule has 0 aromatic rings. The van der Waals surface area contributed by atoms with Gasteiger partial charge in [0.25, 0.3) is 5.91 Å². The summed E-state index contributed by atoms with van der Waals surface area (Å²) in [6.07, 6.45) is 0. The number of rotatable bonds is 7. The van der Waals surface area contributed by atoms with Gasteiger partial charge in [-0.25, -0.2) is 0 Å². The lowest BCUT2D eigenvalue weighted by atomic mass is 10.4. The first-order valence-corrected chi connectivity index (χ1v) is 4.43. The van der Waals surface area contributed by atoms with Crippen molar-refractivity contribution >= 4 is 0 Å². The number of methoxy groups -OCH3 is 3. The Hall–Kier alpha value is -0.160. The third kappa shape index (κ3) is 2.91. The average Bonchev–Trinajstić information content (AvgIpc) is 2.18. The fourth-order valence-corrected chi connectivity index (χ4v) is 1.33. The zero-order valence-electron chi connectivity index (χ0n) is 9.16. The summed E-state index contributed by atoms with van der Waals surface area (Å²) in [7, 11) is 4.77. The second kappa shape index (κ2) is 6.32. The normalized spacial score (nSPS) is 12.5. The minimum Gasteiger partial charge on any atom is -0.371 e. The highest BCUT2D eigenvalue weighted by Crippen LogP contribution is 2.20. The smallest absolute Gasteiger partial charge is 0.260 e. The molecule has 1 radical (unpaired) electrons. The van der Waals surface area contributed by atoms with Gasteiger partial charge in [-0.1, -0.05) is 13.8 Å². The van der Waals surface area contributed by atoms with Crippen molar-refractivity contribution in [2.75, 3.05) is 34.4 Å². The lowest BCUT2D eigenvalue weighted by Gasteiger charge is -2.38. The molecule has 0 aliphatic heterocycles. The molecule has 4 heteroatoms. The van der Waals surface area contributed by atoms with Crippen molar-refractivity contribution in [3.8, 4) is 0 Å². The molecule has 0 unspecified atom stereocenters. The molecule has 0 aromatic heterocycles. The van der Waals surface area contributed by atoms with Gasteiger partial charge in [-0.3, -0.25) is 4.90 Å².